The Hall–Kier alpha value is -2.03. The Morgan fingerprint density at radius 1 is 1.17 bits per heavy atom. The van der Waals surface area contributed by atoms with Crippen LogP contribution in [-0.2, 0) is 0 Å². The third-order valence-corrected chi connectivity index (χ3v) is 3.18. The molecule has 0 saturated heterocycles. The highest BCUT2D eigenvalue weighted by molar-refractivity contribution is 5.45. The molecular weight excluding hydrogens is 229 g/mol. The topological polar surface area (TPSA) is 21.3 Å². The molecule has 2 aromatic carbocycles. The average molecular weight is 243 g/mol. The monoisotopic (exact) mass is 243 g/mol. The lowest BCUT2D eigenvalue weighted by Gasteiger charge is -2.11. The molecular formula is C15H14FNO. The largest absolute Gasteiger partial charge is 0.493 e. The smallest absolute Gasteiger partial charge is 0.125 e. The van der Waals surface area contributed by atoms with Gasteiger partial charge >= 0.3 is 0 Å². The van der Waals surface area contributed by atoms with Gasteiger partial charge in [0.2, 0.25) is 0 Å². The maximum atomic E-state index is 13.0. The maximum Gasteiger partial charge on any atom is 0.125 e. The van der Waals surface area contributed by atoms with Gasteiger partial charge in [-0.3, -0.25) is 0 Å². The van der Waals surface area contributed by atoms with E-state index >= 15 is 0 Å². The Morgan fingerprint density at radius 3 is 2.94 bits per heavy atom. The summed E-state index contributed by atoms with van der Waals surface area (Å²) in [6.45, 7) is 1.43. The van der Waals surface area contributed by atoms with E-state index in [9.17, 15) is 4.39 Å². The van der Waals surface area contributed by atoms with Crippen molar-refractivity contribution in [1.82, 2.24) is 0 Å². The van der Waals surface area contributed by atoms with E-state index in [0.717, 1.165) is 18.0 Å². The fourth-order valence-corrected chi connectivity index (χ4v) is 2.24. The Morgan fingerprint density at radius 2 is 2.06 bits per heavy atom. The van der Waals surface area contributed by atoms with Crippen molar-refractivity contribution >= 4 is 5.69 Å². The van der Waals surface area contributed by atoms with Crippen LogP contribution in [0.4, 0.5) is 10.1 Å². The summed E-state index contributed by atoms with van der Waals surface area (Å²) < 4.78 is 18.7. The highest BCUT2D eigenvalue weighted by Gasteiger charge is 2.23. The molecule has 3 rings (SSSR count). The minimum Gasteiger partial charge on any atom is -0.493 e. The van der Waals surface area contributed by atoms with Crippen LogP contribution >= 0.6 is 0 Å². The number of nitrogens with one attached hydrogen (secondary N) is 1. The Kier molecular flexibility index (Phi) is 2.89. The van der Waals surface area contributed by atoms with Gasteiger partial charge in [0.1, 0.15) is 11.6 Å². The summed E-state index contributed by atoms with van der Waals surface area (Å²) in [6.07, 6.45) is 0. The Labute approximate surface area is 105 Å². The molecule has 2 nitrogen and oxygen atoms in total. The molecule has 0 amide bonds. The van der Waals surface area contributed by atoms with Crippen LogP contribution in [0.5, 0.6) is 5.75 Å². The minimum absolute atomic E-state index is 0.219. The average Bonchev–Trinajstić information content (AvgIpc) is 2.80. The van der Waals surface area contributed by atoms with Gasteiger partial charge in [-0.25, -0.2) is 4.39 Å². The predicted molar refractivity (Wildman–Crippen MR) is 69.6 cm³/mol. The number of benzene rings is 2. The van der Waals surface area contributed by atoms with Crippen molar-refractivity contribution in [2.75, 3.05) is 18.5 Å². The molecule has 1 aliphatic heterocycles. The quantitative estimate of drug-likeness (QED) is 0.892. The van der Waals surface area contributed by atoms with Crippen molar-refractivity contribution in [3.05, 3.63) is 59.9 Å². The van der Waals surface area contributed by atoms with Gasteiger partial charge in [-0.1, -0.05) is 24.3 Å². The number of anilines is 1. The molecule has 0 bridgehead atoms. The molecule has 1 atom stereocenters. The van der Waals surface area contributed by atoms with Crippen LogP contribution in [0.1, 0.15) is 11.5 Å². The lowest BCUT2D eigenvalue weighted by molar-refractivity contribution is 0.334. The van der Waals surface area contributed by atoms with Crippen molar-refractivity contribution in [2.24, 2.45) is 0 Å². The molecule has 92 valence electrons. The first-order valence-corrected chi connectivity index (χ1v) is 6.04. The number of halogens is 1. The van der Waals surface area contributed by atoms with Crippen molar-refractivity contribution in [3.63, 3.8) is 0 Å². The Balaban J connectivity index is 1.69. The number of fused-ring (bicyclic) bond motifs is 1. The van der Waals surface area contributed by atoms with Crippen molar-refractivity contribution in [2.45, 2.75) is 5.92 Å². The van der Waals surface area contributed by atoms with Crippen LogP contribution in [0.2, 0.25) is 0 Å². The lowest BCUT2D eigenvalue weighted by Crippen LogP contribution is -2.13. The van der Waals surface area contributed by atoms with Crippen molar-refractivity contribution < 1.29 is 9.13 Å². The molecule has 2 aromatic rings. The fraction of sp³-hybridized carbons (Fsp3) is 0.200. The molecule has 1 unspecified atom stereocenters. The summed E-state index contributed by atoms with van der Waals surface area (Å²) in [6, 6.07) is 14.6. The summed E-state index contributed by atoms with van der Waals surface area (Å²) in [5, 5.41) is 3.25. The maximum absolute atomic E-state index is 13.0. The number of hydrogen-bond donors (Lipinski definition) is 1. The SMILES string of the molecule is Fc1cccc(NCC2COc3ccccc32)c1. The number of ether oxygens (including phenoxy) is 1. The van der Waals surface area contributed by atoms with Crippen LogP contribution in [0.25, 0.3) is 0 Å². The highest BCUT2D eigenvalue weighted by Crippen LogP contribution is 2.33. The molecule has 0 spiro atoms. The second kappa shape index (κ2) is 4.69. The number of rotatable bonds is 3. The van der Waals surface area contributed by atoms with E-state index in [2.05, 4.69) is 11.4 Å². The van der Waals surface area contributed by atoms with Gasteiger partial charge < -0.3 is 10.1 Å². The van der Waals surface area contributed by atoms with E-state index in [1.54, 1.807) is 6.07 Å². The summed E-state index contributed by atoms with van der Waals surface area (Å²) in [4.78, 5) is 0. The van der Waals surface area contributed by atoms with Gasteiger partial charge in [0, 0.05) is 23.7 Å². The molecule has 1 aliphatic rings. The molecule has 18 heavy (non-hydrogen) atoms. The highest BCUT2D eigenvalue weighted by atomic mass is 19.1. The van der Waals surface area contributed by atoms with Gasteiger partial charge in [0.15, 0.2) is 0 Å². The van der Waals surface area contributed by atoms with Crippen LogP contribution in [0, 0.1) is 5.82 Å². The number of hydrogen-bond acceptors (Lipinski definition) is 2. The second-order valence-electron chi connectivity index (χ2n) is 4.44. The molecule has 3 heteroatoms. The number of para-hydroxylation sites is 1. The van der Waals surface area contributed by atoms with Crippen molar-refractivity contribution in [3.8, 4) is 5.75 Å². The fourth-order valence-electron chi connectivity index (χ4n) is 2.24. The first kappa shape index (κ1) is 11.1. The summed E-state index contributed by atoms with van der Waals surface area (Å²) in [5.41, 5.74) is 2.03. The third-order valence-electron chi connectivity index (χ3n) is 3.18. The third kappa shape index (κ3) is 2.16. The van der Waals surface area contributed by atoms with E-state index in [4.69, 9.17) is 4.74 Å². The molecule has 0 aromatic heterocycles. The van der Waals surface area contributed by atoms with Crippen LogP contribution < -0.4 is 10.1 Å². The zero-order valence-electron chi connectivity index (χ0n) is 9.90. The first-order chi connectivity index (χ1) is 8.83. The summed E-state index contributed by atoms with van der Waals surface area (Å²) >= 11 is 0. The van der Waals surface area contributed by atoms with Gasteiger partial charge in [-0.2, -0.15) is 0 Å². The zero-order chi connectivity index (χ0) is 12.4. The van der Waals surface area contributed by atoms with Crippen LogP contribution in [0.15, 0.2) is 48.5 Å². The Bertz CT molecular complexity index is 556. The predicted octanol–water partition coefficient (Wildman–Crippen LogP) is 3.41. The molecule has 0 radical (unpaired) electrons. The van der Waals surface area contributed by atoms with Crippen LogP contribution in [0.3, 0.4) is 0 Å². The minimum atomic E-state index is -0.219. The zero-order valence-corrected chi connectivity index (χ0v) is 9.90. The standard InChI is InChI=1S/C15H14FNO/c16-12-4-3-5-13(8-12)17-9-11-10-18-15-7-2-1-6-14(11)15/h1-8,11,17H,9-10H2. The molecule has 1 heterocycles. The van der Waals surface area contributed by atoms with E-state index in [1.807, 2.05) is 24.3 Å². The lowest BCUT2D eigenvalue weighted by atomic mass is 10.0. The molecule has 0 saturated carbocycles. The molecule has 0 aliphatic carbocycles. The van der Waals surface area contributed by atoms with Gasteiger partial charge in [-0.05, 0) is 24.3 Å². The summed E-state index contributed by atoms with van der Waals surface area (Å²) in [7, 11) is 0. The first-order valence-electron chi connectivity index (χ1n) is 6.04. The van der Waals surface area contributed by atoms with Crippen molar-refractivity contribution in [1.29, 1.82) is 0 Å². The summed E-state index contributed by atoms with van der Waals surface area (Å²) in [5.74, 6) is 1.07. The van der Waals surface area contributed by atoms with E-state index in [0.29, 0.717) is 12.5 Å². The molecule has 1 N–H and O–H groups in total. The van der Waals surface area contributed by atoms with Gasteiger partial charge in [0.25, 0.3) is 0 Å². The van der Waals surface area contributed by atoms with E-state index < -0.39 is 0 Å². The second-order valence-corrected chi connectivity index (χ2v) is 4.44. The van der Waals surface area contributed by atoms with E-state index in [1.165, 1.54) is 17.7 Å². The van der Waals surface area contributed by atoms with Gasteiger partial charge in [0.05, 0.1) is 6.61 Å². The normalized spacial score (nSPS) is 17.1. The van der Waals surface area contributed by atoms with E-state index in [-0.39, 0.29) is 5.82 Å². The van der Waals surface area contributed by atoms with Gasteiger partial charge in [-0.15, -0.1) is 0 Å². The molecule has 0 fully saturated rings. The van der Waals surface area contributed by atoms with Crippen LogP contribution in [-0.4, -0.2) is 13.2 Å².